The van der Waals surface area contributed by atoms with Crippen LogP contribution in [0.2, 0.25) is 0 Å². The highest BCUT2D eigenvalue weighted by Gasteiger charge is 2.05. The zero-order valence-corrected chi connectivity index (χ0v) is 11.8. The Labute approximate surface area is 119 Å². The summed E-state index contributed by atoms with van der Waals surface area (Å²) in [5.74, 6) is 0. The van der Waals surface area contributed by atoms with E-state index in [0.717, 1.165) is 0 Å². The van der Waals surface area contributed by atoms with Crippen LogP contribution in [-0.2, 0) is 92.0 Å². The molecule has 0 aromatic rings. The molecule has 0 fully saturated rings. The van der Waals surface area contributed by atoms with E-state index in [2.05, 4.69) is 106 Å². The van der Waals surface area contributed by atoms with Crippen molar-refractivity contribution in [3.05, 3.63) is 0 Å². The van der Waals surface area contributed by atoms with Crippen LogP contribution in [0.3, 0.4) is 0 Å². The van der Waals surface area contributed by atoms with E-state index in [-0.39, 0.29) is 0 Å². The second-order valence-electron chi connectivity index (χ2n) is 1.48. The third-order valence-corrected chi connectivity index (χ3v) is 1.18. The third kappa shape index (κ3) is 19.8. The maximum Gasteiger partial charge on any atom is 0.391 e. The summed E-state index contributed by atoms with van der Waals surface area (Å²) in [6.07, 6.45) is 0. The third-order valence-electron chi connectivity index (χ3n) is 0.533. The lowest BCUT2D eigenvalue weighted by Crippen LogP contribution is -2.04. The zero-order valence-electron chi connectivity index (χ0n) is 8.91. The smallest absolute Gasteiger partial charge is 0.166 e. The maximum atomic E-state index is 6.03. The maximum absolute atomic E-state index is 6.03. The molecule has 0 saturated heterocycles. The first kappa shape index (κ1) is 20.8. The summed E-state index contributed by atoms with van der Waals surface area (Å²) in [7, 11) is 2.09. The molecule has 0 aliphatic rings. The second kappa shape index (κ2) is 17.8. The Bertz CT molecular complexity index is 250. The van der Waals surface area contributed by atoms with Crippen molar-refractivity contribution in [1.82, 2.24) is 0 Å². The van der Waals surface area contributed by atoms with Crippen LogP contribution >= 0.6 is 15.5 Å². The van der Waals surface area contributed by atoms with Crippen molar-refractivity contribution in [2.24, 2.45) is 5.28 Å². The Morgan fingerprint density at radius 1 is 0.667 bits per heavy atom. The SMILES string of the molecule is N=NOOOOOOOOOOOOOOOO[P+](P)=S. The minimum Gasteiger partial charge on any atom is -0.166 e. The summed E-state index contributed by atoms with van der Waals surface area (Å²) < 4.78 is 4.21. The van der Waals surface area contributed by atoms with Gasteiger partial charge in [-0.2, -0.15) is 10.5 Å². The normalized spacial score (nSPS) is 11.4. The minimum atomic E-state index is -1.33. The molecule has 0 aliphatic heterocycles. The van der Waals surface area contributed by atoms with Crippen LogP contribution in [0.5, 0.6) is 0 Å². The van der Waals surface area contributed by atoms with Crippen molar-refractivity contribution in [2.75, 3.05) is 0 Å². The average Bonchev–Trinajstić information content (AvgIpc) is 2.46. The largest absolute Gasteiger partial charge is 0.391 e. The molecule has 1 N–H and O–H groups in total. The van der Waals surface area contributed by atoms with E-state index in [9.17, 15) is 0 Å². The van der Waals surface area contributed by atoms with Crippen LogP contribution in [0.25, 0.3) is 0 Å². The first-order valence-electron chi connectivity index (χ1n) is 3.53. The highest BCUT2D eigenvalue weighted by atomic mass is 32.6. The Balaban J connectivity index is 2.96. The molecule has 2 unspecified atom stereocenters. The van der Waals surface area contributed by atoms with Crippen molar-refractivity contribution >= 4 is 27.3 Å². The quantitative estimate of drug-likeness (QED) is 0.121. The van der Waals surface area contributed by atoms with Gasteiger partial charge in [0.05, 0.1) is 5.28 Å². The molecule has 21 heavy (non-hydrogen) atoms. The Morgan fingerprint density at radius 2 is 1.00 bits per heavy atom. The van der Waals surface area contributed by atoms with E-state index >= 15 is 0 Å². The van der Waals surface area contributed by atoms with Gasteiger partial charge in [0.1, 0.15) is 8.93 Å². The Morgan fingerprint density at radius 3 is 1.33 bits per heavy atom. The van der Waals surface area contributed by atoms with E-state index in [4.69, 9.17) is 5.53 Å². The highest BCUT2D eigenvalue weighted by molar-refractivity contribution is 8.31. The summed E-state index contributed by atoms with van der Waals surface area (Å²) >= 11 is 4.52. The number of hydrogen-bond donors (Lipinski definition) is 1. The van der Waals surface area contributed by atoms with E-state index in [1.54, 1.807) is 0 Å². The van der Waals surface area contributed by atoms with Gasteiger partial charge >= 0.3 is 6.61 Å². The fourth-order valence-electron chi connectivity index (χ4n) is 0.206. The molecule has 0 rings (SSSR count). The van der Waals surface area contributed by atoms with E-state index < -0.39 is 6.61 Å². The number of nitrogens with one attached hydrogen (secondary N) is 1. The van der Waals surface area contributed by atoms with Gasteiger partial charge in [-0.05, 0) is 0 Å². The fourth-order valence-corrected chi connectivity index (χ4v) is 0.471. The van der Waals surface area contributed by atoms with Crippen molar-refractivity contribution in [3.8, 4) is 0 Å². The first-order valence-corrected chi connectivity index (χ1v) is 7.42. The molecule has 124 valence electrons. The lowest BCUT2D eigenvalue weighted by atomic mass is 13.1. The van der Waals surface area contributed by atoms with Crippen LogP contribution in [0.15, 0.2) is 5.28 Å². The topological polar surface area (TPSA) is 184 Å². The summed E-state index contributed by atoms with van der Waals surface area (Å²) in [5, 5.41) is 52.1. The first-order chi connectivity index (χ1) is 10.3. The van der Waals surface area contributed by atoms with Gasteiger partial charge in [0, 0.05) is 75.2 Å². The predicted molar refractivity (Wildman–Crippen MR) is 46.5 cm³/mol. The van der Waals surface area contributed by atoms with Gasteiger partial charge in [0.25, 0.3) is 0 Å². The van der Waals surface area contributed by atoms with Gasteiger partial charge in [-0.15, -0.1) is 0 Å². The molecule has 0 saturated carbocycles. The van der Waals surface area contributed by atoms with Crippen LogP contribution in [0.1, 0.15) is 0 Å². The van der Waals surface area contributed by atoms with Crippen LogP contribution in [0.4, 0.5) is 0 Å². The minimum absolute atomic E-state index is 1.33. The summed E-state index contributed by atoms with van der Waals surface area (Å²) in [5.41, 5.74) is 6.03. The van der Waals surface area contributed by atoms with Crippen molar-refractivity contribution in [2.45, 2.75) is 0 Å². The molecule has 2 atom stereocenters. The van der Waals surface area contributed by atoms with Gasteiger partial charge in [0.2, 0.25) is 11.8 Å². The lowest BCUT2D eigenvalue weighted by molar-refractivity contribution is -0.882. The van der Waals surface area contributed by atoms with Crippen LogP contribution in [-0.4, -0.2) is 0 Å². The Kier molecular flexibility index (Phi) is 17.6. The van der Waals surface area contributed by atoms with Gasteiger partial charge in [-0.3, -0.25) is 0 Å². The zero-order chi connectivity index (χ0) is 15.6. The van der Waals surface area contributed by atoms with Crippen molar-refractivity contribution < 1.29 is 80.2 Å². The number of hydrogen-bond acceptors (Lipinski definition) is 19. The number of rotatable bonds is 17. The molecular weight excluding hydrogens is 378 g/mol. The standard InChI is InChI=1S/H3N2O16P2S/c1-2-3-4-5-6-7-8-9-10-11-12-13-14-15-16-17-18-20(19)21/h1H,19H2/q+1. The summed E-state index contributed by atoms with van der Waals surface area (Å²) in [6.45, 7) is -1.33. The van der Waals surface area contributed by atoms with Crippen molar-refractivity contribution in [1.29, 1.82) is 5.53 Å². The highest BCUT2D eigenvalue weighted by Crippen LogP contribution is 2.31. The summed E-state index contributed by atoms with van der Waals surface area (Å²) in [6, 6.07) is 0. The summed E-state index contributed by atoms with van der Waals surface area (Å²) in [4.78, 5) is 3.47. The van der Waals surface area contributed by atoms with Crippen molar-refractivity contribution in [3.63, 3.8) is 0 Å². The van der Waals surface area contributed by atoms with Gasteiger partial charge in [0.15, 0.2) is 0 Å². The van der Waals surface area contributed by atoms with Gasteiger partial charge in [-0.1, -0.05) is 0 Å². The average molecular weight is 381 g/mol. The molecular formula is H3N2O16P2S+. The molecule has 0 aromatic heterocycles. The van der Waals surface area contributed by atoms with Crippen LogP contribution < -0.4 is 0 Å². The van der Waals surface area contributed by atoms with E-state index in [1.807, 2.05) is 0 Å². The van der Waals surface area contributed by atoms with Crippen LogP contribution in [0, 0.1) is 5.53 Å². The van der Waals surface area contributed by atoms with E-state index in [0.29, 0.717) is 0 Å². The lowest BCUT2D eigenvalue weighted by Gasteiger charge is -1.97. The van der Waals surface area contributed by atoms with Gasteiger partial charge < -0.3 is 0 Å². The molecule has 18 nitrogen and oxygen atoms in total. The molecule has 0 heterocycles. The number of nitrogens with zero attached hydrogens (tertiary/aromatic N) is 1. The predicted octanol–water partition coefficient (Wildman–Crippen LogP) is 0.572. The molecule has 0 aromatic carbocycles. The van der Waals surface area contributed by atoms with E-state index in [1.165, 1.54) is 0 Å². The molecule has 21 heteroatoms. The van der Waals surface area contributed by atoms with Gasteiger partial charge in [-0.25, -0.2) is 0 Å². The molecule has 0 radical (unpaired) electrons. The fraction of sp³-hybridized carbons (Fsp3) is 0. The molecule has 0 aliphatic carbocycles. The molecule has 0 bridgehead atoms. The second-order valence-corrected chi connectivity index (χ2v) is 5.81. The monoisotopic (exact) mass is 381 g/mol. The molecule has 0 spiro atoms. The molecule has 0 amide bonds. The Hall–Kier alpha value is -0.250.